The third kappa shape index (κ3) is 4.98. The van der Waals surface area contributed by atoms with Gasteiger partial charge in [0.25, 0.3) is 0 Å². The van der Waals surface area contributed by atoms with Gasteiger partial charge in [0, 0.05) is 31.8 Å². The maximum atomic E-state index is 10.6. The van der Waals surface area contributed by atoms with Gasteiger partial charge in [-0.15, -0.1) is 4.90 Å². The quantitative estimate of drug-likeness (QED) is 0.490. The molecule has 0 radical (unpaired) electrons. The van der Waals surface area contributed by atoms with E-state index in [0.29, 0.717) is 6.42 Å². The van der Waals surface area contributed by atoms with Crippen LogP contribution in [0.3, 0.4) is 0 Å². The van der Waals surface area contributed by atoms with E-state index in [2.05, 4.69) is 6.07 Å². The molecule has 0 fully saturated rings. The first-order valence-electron chi connectivity index (χ1n) is 4.41. The van der Waals surface area contributed by atoms with Crippen molar-refractivity contribution in [3.05, 3.63) is 29.8 Å². The molecule has 0 aromatic heterocycles. The van der Waals surface area contributed by atoms with Gasteiger partial charge in [0.1, 0.15) is 0 Å². The minimum absolute atomic E-state index is 0. The molecule has 1 aromatic rings. The van der Waals surface area contributed by atoms with Gasteiger partial charge < -0.3 is 5.11 Å². The van der Waals surface area contributed by atoms with Gasteiger partial charge in [0.2, 0.25) is 0 Å². The molecule has 80 valence electrons. The normalized spacial score (nSPS) is 11.6. The molecule has 0 amide bonds. The Labute approximate surface area is 113 Å². The average molecular weight is 388 g/mol. The molecule has 0 bridgehead atoms. The van der Waals surface area contributed by atoms with Crippen LogP contribution in [-0.2, 0) is 37.1 Å². The third-order valence-corrected chi connectivity index (χ3v) is 2.73. The predicted molar refractivity (Wildman–Crippen MR) is 57.6 cm³/mol. The molecule has 1 aromatic carbocycles. The second-order valence-electron chi connectivity index (χ2n) is 3.21. The van der Waals surface area contributed by atoms with Gasteiger partial charge in [-0.25, -0.2) is 0 Å². The van der Waals surface area contributed by atoms with Crippen molar-refractivity contribution in [2.24, 2.45) is 5.92 Å². The summed E-state index contributed by atoms with van der Waals surface area (Å²) in [7, 11) is 0. The predicted octanol–water partition coefficient (Wildman–Crippen LogP) is 2.47. The van der Waals surface area contributed by atoms with Crippen molar-refractivity contribution in [1.29, 1.82) is 0 Å². The van der Waals surface area contributed by atoms with Crippen molar-refractivity contribution >= 4 is 17.7 Å². The van der Waals surface area contributed by atoms with Gasteiger partial charge in [-0.05, 0) is 6.26 Å². The Kier molecular flexibility index (Phi) is 7.18. The van der Waals surface area contributed by atoms with Crippen LogP contribution in [0.15, 0.2) is 23.1 Å². The molecule has 15 heavy (non-hydrogen) atoms. The zero-order valence-electron chi connectivity index (χ0n) is 8.78. The van der Waals surface area contributed by atoms with E-state index in [-0.39, 0.29) is 31.8 Å². The van der Waals surface area contributed by atoms with E-state index >= 15 is 0 Å². The van der Waals surface area contributed by atoms with E-state index in [4.69, 9.17) is 5.11 Å². The summed E-state index contributed by atoms with van der Waals surface area (Å²) in [6, 6.07) is 8.89. The minimum Gasteiger partial charge on any atom is -0.481 e. The number of hydrogen-bond donors (Lipinski definition) is 1. The van der Waals surface area contributed by atoms with Gasteiger partial charge in [0.05, 0.1) is 0 Å². The van der Waals surface area contributed by atoms with Crippen LogP contribution in [0.25, 0.3) is 0 Å². The molecule has 0 heterocycles. The van der Waals surface area contributed by atoms with Gasteiger partial charge >= 0.3 is 5.97 Å². The maximum absolute atomic E-state index is 10.6. The fourth-order valence-electron chi connectivity index (χ4n) is 1.14. The number of benzene rings is 1. The number of carboxylic acids is 1. The molecule has 0 aliphatic heterocycles. The van der Waals surface area contributed by atoms with Crippen molar-refractivity contribution in [1.82, 2.24) is 0 Å². The van der Waals surface area contributed by atoms with Crippen LogP contribution in [0.1, 0.15) is 12.5 Å². The second kappa shape index (κ2) is 7.23. The van der Waals surface area contributed by atoms with Crippen LogP contribution >= 0.6 is 11.8 Å². The molecule has 0 saturated heterocycles. The van der Waals surface area contributed by atoms with Crippen molar-refractivity contribution in [3.63, 3.8) is 0 Å². The van der Waals surface area contributed by atoms with Crippen LogP contribution < -0.4 is 0 Å². The molecule has 0 aliphatic carbocycles. The van der Waals surface area contributed by atoms with Crippen molar-refractivity contribution in [3.8, 4) is 0 Å². The summed E-state index contributed by atoms with van der Waals surface area (Å²) >= 11 is 1.63. The second-order valence-corrected chi connectivity index (χ2v) is 4.06. The van der Waals surface area contributed by atoms with Crippen LogP contribution in [0.2, 0.25) is 0 Å². The minimum atomic E-state index is -0.751. The number of carbonyl (C=O) groups is 1. The fourth-order valence-corrected chi connectivity index (χ4v) is 1.52. The molecule has 0 aliphatic rings. The first kappa shape index (κ1) is 14.9. The summed E-state index contributed by atoms with van der Waals surface area (Å²) < 4.78 is 0. The number of rotatable bonds is 4. The molecule has 1 rings (SSSR count). The van der Waals surface area contributed by atoms with Gasteiger partial charge in [0.15, 0.2) is 0 Å². The molecular weight excluding hydrogens is 375 g/mol. The van der Waals surface area contributed by atoms with E-state index in [0.717, 1.165) is 10.5 Å². The molecule has 1 N–H and O–H groups in total. The Hall–Kier alpha value is -0.0899. The average Bonchev–Trinajstić information content (AvgIpc) is 2.19. The van der Waals surface area contributed by atoms with Gasteiger partial charge in [-0.1, -0.05) is 13.3 Å². The topological polar surface area (TPSA) is 37.3 Å². The molecule has 0 spiro atoms. The van der Waals surface area contributed by atoms with E-state index in [1.807, 2.05) is 24.5 Å². The SMILES string of the molecule is CSc1[c-]cc(CC(C)C(=O)O)cc1.[Hf]. The first-order chi connectivity index (χ1) is 6.63. The van der Waals surface area contributed by atoms with E-state index < -0.39 is 5.97 Å². The molecule has 0 saturated carbocycles. The largest absolute Gasteiger partial charge is 0.481 e. The zero-order chi connectivity index (χ0) is 10.6. The van der Waals surface area contributed by atoms with Crippen molar-refractivity contribution in [2.75, 3.05) is 6.26 Å². The maximum Gasteiger partial charge on any atom is 0.305 e. The Bertz CT molecular complexity index is 311. The van der Waals surface area contributed by atoms with Crippen LogP contribution in [0.5, 0.6) is 0 Å². The molecule has 4 heteroatoms. The van der Waals surface area contributed by atoms with Crippen LogP contribution in [0, 0.1) is 12.0 Å². The summed E-state index contributed by atoms with van der Waals surface area (Å²) in [5.74, 6) is -1.08. The standard InChI is InChI=1S/C11H13O2S.Hf/c1-8(11(12)13)7-9-3-5-10(14-2)6-4-9;/h3-5,8H,7H2,1-2H3,(H,12,13);/q-1;. The monoisotopic (exact) mass is 389 g/mol. The van der Waals surface area contributed by atoms with E-state index in [1.54, 1.807) is 18.7 Å². The fraction of sp³-hybridized carbons (Fsp3) is 0.364. The van der Waals surface area contributed by atoms with E-state index in [9.17, 15) is 4.79 Å². The Morgan fingerprint density at radius 3 is 2.67 bits per heavy atom. The van der Waals surface area contributed by atoms with Crippen molar-refractivity contribution in [2.45, 2.75) is 18.2 Å². The third-order valence-electron chi connectivity index (χ3n) is 2.03. The zero-order valence-corrected chi connectivity index (χ0v) is 13.2. The molecule has 2 nitrogen and oxygen atoms in total. The smallest absolute Gasteiger partial charge is 0.305 e. The summed E-state index contributed by atoms with van der Waals surface area (Å²) in [4.78, 5) is 11.7. The summed E-state index contributed by atoms with van der Waals surface area (Å²) in [5.41, 5.74) is 1.03. The van der Waals surface area contributed by atoms with Crippen LogP contribution in [0.4, 0.5) is 0 Å². The Morgan fingerprint density at radius 1 is 1.60 bits per heavy atom. The van der Waals surface area contributed by atoms with Gasteiger partial charge in [-0.3, -0.25) is 4.79 Å². The first-order valence-corrected chi connectivity index (χ1v) is 5.63. The summed E-state index contributed by atoms with van der Waals surface area (Å²) in [6.07, 6.45) is 2.56. The number of aliphatic carboxylic acids is 1. The van der Waals surface area contributed by atoms with Crippen LogP contribution in [-0.4, -0.2) is 17.3 Å². The number of hydrogen-bond acceptors (Lipinski definition) is 2. The summed E-state index contributed by atoms with van der Waals surface area (Å²) in [6.45, 7) is 1.71. The van der Waals surface area contributed by atoms with Gasteiger partial charge in [-0.2, -0.15) is 41.6 Å². The van der Waals surface area contributed by atoms with E-state index in [1.165, 1.54) is 0 Å². The Balaban J connectivity index is 0.00000196. The molecule has 1 atom stereocenters. The number of thioether (sulfide) groups is 1. The molecule has 1 unspecified atom stereocenters. The Morgan fingerprint density at radius 2 is 2.27 bits per heavy atom. The number of carboxylic acid groups (broad SMARTS) is 1. The van der Waals surface area contributed by atoms with Crippen molar-refractivity contribution < 1.29 is 35.7 Å². The molecular formula is C11H13HfO2S-. The summed E-state index contributed by atoms with van der Waals surface area (Å²) in [5, 5.41) is 8.73.